The zero-order chi connectivity index (χ0) is 13.4. The molecule has 0 aliphatic carbocycles. The summed E-state index contributed by atoms with van der Waals surface area (Å²) >= 11 is 1.74. The van der Waals surface area contributed by atoms with Gasteiger partial charge in [-0.1, -0.05) is 0 Å². The summed E-state index contributed by atoms with van der Waals surface area (Å²) in [6.07, 6.45) is 0.810. The van der Waals surface area contributed by atoms with Gasteiger partial charge in [0.1, 0.15) is 6.54 Å². The van der Waals surface area contributed by atoms with Gasteiger partial charge in [-0.15, -0.1) is 0 Å². The molecule has 102 valence electrons. The third kappa shape index (κ3) is 5.55. The molecule has 0 aliphatic rings. The van der Waals surface area contributed by atoms with Crippen molar-refractivity contribution in [3.05, 3.63) is 17.5 Å². The van der Waals surface area contributed by atoms with E-state index in [0.717, 1.165) is 29.3 Å². The summed E-state index contributed by atoms with van der Waals surface area (Å²) in [6, 6.07) is 1.96. The summed E-state index contributed by atoms with van der Waals surface area (Å²) in [5.74, 6) is 1.80. The van der Waals surface area contributed by atoms with Crippen molar-refractivity contribution in [1.82, 2.24) is 15.1 Å². The van der Waals surface area contributed by atoms with E-state index in [-0.39, 0.29) is 19.1 Å². The van der Waals surface area contributed by atoms with Gasteiger partial charge in [-0.25, -0.2) is 0 Å². The third-order valence-corrected chi connectivity index (χ3v) is 3.48. The van der Waals surface area contributed by atoms with Crippen molar-refractivity contribution in [1.29, 1.82) is 0 Å². The minimum absolute atomic E-state index is 0.0102. The summed E-state index contributed by atoms with van der Waals surface area (Å²) in [7, 11) is 0. The minimum atomic E-state index is -0.0102. The molecule has 0 aromatic carbocycles. The number of aryl methyl sites for hydroxylation is 2. The Morgan fingerprint density at radius 1 is 1.50 bits per heavy atom. The molecule has 18 heavy (non-hydrogen) atoms. The Morgan fingerprint density at radius 3 is 2.89 bits per heavy atom. The van der Waals surface area contributed by atoms with Gasteiger partial charge < -0.3 is 10.4 Å². The molecule has 1 aromatic rings. The Hall–Kier alpha value is -1.01. The molecule has 6 heteroatoms. The first-order valence-electron chi connectivity index (χ1n) is 6.10. The van der Waals surface area contributed by atoms with Crippen LogP contribution in [0, 0.1) is 13.8 Å². The summed E-state index contributed by atoms with van der Waals surface area (Å²) in [5.41, 5.74) is 1.93. The van der Waals surface area contributed by atoms with E-state index >= 15 is 0 Å². The van der Waals surface area contributed by atoms with Crippen molar-refractivity contribution in [2.45, 2.75) is 26.8 Å². The topological polar surface area (TPSA) is 67.2 Å². The predicted octanol–water partition coefficient (Wildman–Crippen LogP) is 0.732. The van der Waals surface area contributed by atoms with Crippen LogP contribution in [0.2, 0.25) is 0 Å². The van der Waals surface area contributed by atoms with Crippen molar-refractivity contribution in [2.24, 2.45) is 0 Å². The Morgan fingerprint density at radius 2 is 2.28 bits per heavy atom. The van der Waals surface area contributed by atoms with E-state index in [2.05, 4.69) is 10.4 Å². The Bertz CT molecular complexity index is 379. The average Bonchev–Trinajstić information content (AvgIpc) is 2.62. The zero-order valence-corrected chi connectivity index (χ0v) is 11.8. The van der Waals surface area contributed by atoms with Gasteiger partial charge in [0.05, 0.1) is 5.69 Å². The maximum atomic E-state index is 11.6. The Kier molecular flexibility index (Phi) is 6.82. The molecule has 0 radical (unpaired) electrons. The number of nitrogens with zero attached hydrogens (tertiary/aromatic N) is 2. The number of rotatable bonds is 8. The quantitative estimate of drug-likeness (QED) is 0.684. The van der Waals surface area contributed by atoms with E-state index in [1.54, 1.807) is 16.4 Å². The molecule has 1 amide bonds. The van der Waals surface area contributed by atoms with Crippen LogP contribution in [0.4, 0.5) is 0 Å². The fourth-order valence-electron chi connectivity index (χ4n) is 1.56. The largest absolute Gasteiger partial charge is 0.396 e. The van der Waals surface area contributed by atoms with Crippen LogP contribution < -0.4 is 5.32 Å². The zero-order valence-electron chi connectivity index (χ0n) is 11.0. The van der Waals surface area contributed by atoms with Crippen molar-refractivity contribution < 1.29 is 9.90 Å². The third-order valence-electron chi connectivity index (χ3n) is 2.41. The van der Waals surface area contributed by atoms with Gasteiger partial charge in [-0.05, 0) is 32.1 Å². The van der Waals surface area contributed by atoms with Gasteiger partial charge in [-0.2, -0.15) is 16.9 Å². The fourth-order valence-corrected chi connectivity index (χ4v) is 2.34. The molecule has 0 bridgehead atoms. The predicted molar refractivity (Wildman–Crippen MR) is 73.7 cm³/mol. The molecule has 0 saturated heterocycles. The first-order chi connectivity index (χ1) is 8.63. The second kappa shape index (κ2) is 8.16. The lowest BCUT2D eigenvalue weighted by atomic mass is 10.4. The molecule has 5 nitrogen and oxygen atoms in total. The molecule has 0 spiro atoms. The maximum Gasteiger partial charge on any atom is 0.241 e. The highest BCUT2D eigenvalue weighted by Gasteiger charge is 2.06. The minimum Gasteiger partial charge on any atom is -0.396 e. The summed E-state index contributed by atoms with van der Waals surface area (Å²) in [6.45, 7) is 5.03. The smallest absolute Gasteiger partial charge is 0.241 e. The van der Waals surface area contributed by atoms with Gasteiger partial charge in [0, 0.05) is 24.6 Å². The summed E-state index contributed by atoms with van der Waals surface area (Å²) in [5, 5.41) is 15.7. The van der Waals surface area contributed by atoms with Crippen LogP contribution in [0.5, 0.6) is 0 Å². The molecule has 1 aromatic heterocycles. The second-order valence-electron chi connectivity index (χ2n) is 4.12. The van der Waals surface area contributed by atoms with Gasteiger partial charge in [-0.3, -0.25) is 9.48 Å². The molecule has 0 unspecified atom stereocenters. The summed E-state index contributed by atoms with van der Waals surface area (Å²) < 4.78 is 1.71. The van der Waals surface area contributed by atoms with Gasteiger partial charge in [0.2, 0.25) is 5.91 Å². The lowest BCUT2D eigenvalue weighted by molar-refractivity contribution is -0.121. The molecule has 0 atom stereocenters. The van der Waals surface area contributed by atoms with Crippen LogP contribution in [0.3, 0.4) is 0 Å². The number of nitrogens with one attached hydrogen (secondary N) is 1. The van der Waals surface area contributed by atoms with Crippen LogP contribution in [-0.2, 0) is 11.3 Å². The highest BCUT2D eigenvalue weighted by Crippen LogP contribution is 2.02. The van der Waals surface area contributed by atoms with E-state index in [0.29, 0.717) is 6.54 Å². The van der Waals surface area contributed by atoms with E-state index in [1.165, 1.54) is 0 Å². The van der Waals surface area contributed by atoms with E-state index in [4.69, 9.17) is 5.11 Å². The standard InChI is InChI=1S/C12H21N3O2S/c1-10-8-11(2)15(14-10)9-12(17)13-4-7-18-6-3-5-16/h8,16H,3-7,9H2,1-2H3,(H,13,17). The number of thioether (sulfide) groups is 1. The molecule has 1 heterocycles. The molecule has 0 aliphatic heterocycles. The first kappa shape index (κ1) is 15.0. The van der Waals surface area contributed by atoms with E-state index in [1.807, 2.05) is 19.9 Å². The first-order valence-corrected chi connectivity index (χ1v) is 7.25. The monoisotopic (exact) mass is 271 g/mol. The van der Waals surface area contributed by atoms with E-state index in [9.17, 15) is 4.79 Å². The molecule has 0 saturated carbocycles. The SMILES string of the molecule is Cc1cc(C)n(CC(=O)NCCSCCCO)n1. The van der Waals surface area contributed by atoms with Crippen LogP contribution >= 0.6 is 11.8 Å². The van der Waals surface area contributed by atoms with Crippen LogP contribution in [-0.4, -0.2) is 45.5 Å². The number of hydrogen-bond donors (Lipinski definition) is 2. The van der Waals surface area contributed by atoms with Gasteiger partial charge in [0.25, 0.3) is 0 Å². The number of hydrogen-bond acceptors (Lipinski definition) is 4. The van der Waals surface area contributed by atoms with Crippen LogP contribution in [0.1, 0.15) is 17.8 Å². The number of aromatic nitrogens is 2. The number of aliphatic hydroxyl groups excluding tert-OH is 1. The second-order valence-corrected chi connectivity index (χ2v) is 5.35. The van der Waals surface area contributed by atoms with Crippen molar-refractivity contribution in [2.75, 3.05) is 24.7 Å². The molecule has 0 fully saturated rings. The van der Waals surface area contributed by atoms with Gasteiger partial charge >= 0.3 is 0 Å². The van der Waals surface area contributed by atoms with Crippen molar-refractivity contribution in [3.8, 4) is 0 Å². The molecule has 1 rings (SSSR count). The Labute approximate surface area is 112 Å². The van der Waals surface area contributed by atoms with Crippen molar-refractivity contribution >= 4 is 17.7 Å². The average molecular weight is 271 g/mol. The highest BCUT2D eigenvalue weighted by atomic mass is 32.2. The van der Waals surface area contributed by atoms with Crippen LogP contribution in [0.15, 0.2) is 6.07 Å². The lowest BCUT2D eigenvalue weighted by Gasteiger charge is -2.06. The molecule has 2 N–H and O–H groups in total. The highest BCUT2D eigenvalue weighted by molar-refractivity contribution is 7.99. The number of carbonyl (C=O) groups is 1. The normalized spacial score (nSPS) is 10.6. The number of aliphatic hydroxyl groups is 1. The van der Waals surface area contributed by atoms with Crippen molar-refractivity contribution in [3.63, 3.8) is 0 Å². The molecular weight excluding hydrogens is 250 g/mol. The summed E-state index contributed by atoms with van der Waals surface area (Å²) in [4.78, 5) is 11.6. The van der Waals surface area contributed by atoms with E-state index < -0.39 is 0 Å². The van der Waals surface area contributed by atoms with Crippen LogP contribution in [0.25, 0.3) is 0 Å². The van der Waals surface area contributed by atoms with Gasteiger partial charge in [0.15, 0.2) is 0 Å². The number of amides is 1. The molecular formula is C12H21N3O2S. The Balaban J connectivity index is 2.16. The fraction of sp³-hybridized carbons (Fsp3) is 0.667. The maximum absolute atomic E-state index is 11.6. The number of carbonyl (C=O) groups excluding carboxylic acids is 1. The lowest BCUT2D eigenvalue weighted by Crippen LogP contribution is -2.30.